The number of halogens is 1. The molecule has 1 aliphatic carbocycles. The summed E-state index contributed by atoms with van der Waals surface area (Å²) in [7, 11) is 1.76. The first-order chi connectivity index (χ1) is 17.0. The molecule has 5 aromatic rings. The molecule has 10 heteroatoms. The van der Waals surface area contributed by atoms with Crippen molar-refractivity contribution in [3.8, 4) is 11.8 Å². The highest BCUT2D eigenvalue weighted by Gasteiger charge is 2.54. The van der Waals surface area contributed by atoms with Gasteiger partial charge < -0.3 is 25.7 Å². The Bertz CT molecular complexity index is 1630. The number of nitrogens with one attached hydrogen (secondary N) is 2. The summed E-state index contributed by atoms with van der Waals surface area (Å²) in [5, 5.41) is 4.53. The molecular formula is C25H23FN8O. The van der Waals surface area contributed by atoms with Crippen LogP contribution < -0.4 is 20.7 Å². The van der Waals surface area contributed by atoms with Crippen LogP contribution in [0.5, 0.6) is 11.8 Å². The van der Waals surface area contributed by atoms with E-state index in [4.69, 9.17) is 15.5 Å². The minimum absolute atomic E-state index is 0.0717. The van der Waals surface area contributed by atoms with Crippen molar-refractivity contribution in [2.24, 2.45) is 11.1 Å². The molecule has 2 fully saturated rings. The summed E-state index contributed by atoms with van der Waals surface area (Å²) in [5.41, 5.74) is 10.1. The van der Waals surface area contributed by atoms with Gasteiger partial charge in [0.1, 0.15) is 17.3 Å². The predicted octanol–water partition coefficient (Wildman–Crippen LogP) is 3.95. The third-order valence-corrected chi connectivity index (χ3v) is 7.29. The number of fused-ring (bicyclic) bond motifs is 4. The average molecular weight is 471 g/mol. The van der Waals surface area contributed by atoms with Gasteiger partial charge >= 0.3 is 6.01 Å². The Morgan fingerprint density at radius 1 is 1.20 bits per heavy atom. The summed E-state index contributed by atoms with van der Waals surface area (Å²) in [6.45, 7) is 1.48. The summed E-state index contributed by atoms with van der Waals surface area (Å²) in [6, 6.07) is 8.76. The molecule has 0 radical (unpaired) electrons. The number of benzene rings is 1. The molecule has 2 aliphatic rings. The Labute approximate surface area is 199 Å². The lowest BCUT2D eigenvalue weighted by atomic mass is 10.0. The molecule has 1 aromatic carbocycles. The fraction of sp³-hybridized carbons (Fsp3) is 0.280. The molecule has 7 rings (SSSR count). The molecule has 4 aromatic heterocycles. The first kappa shape index (κ1) is 20.3. The second kappa shape index (κ2) is 7.22. The third-order valence-electron chi connectivity index (χ3n) is 7.29. The maximum Gasteiger partial charge on any atom is 0.326 e. The summed E-state index contributed by atoms with van der Waals surface area (Å²) in [6.07, 6.45) is 5.57. The van der Waals surface area contributed by atoms with Gasteiger partial charge in [0.15, 0.2) is 5.75 Å². The first-order valence-electron chi connectivity index (χ1n) is 11.6. The normalized spacial score (nSPS) is 18.7. The Morgan fingerprint density at radius 2 is 2.09 bits per heavy atom. The molecule has 1 saturated heterocycles. The molecule has 1 spiro atoms. The molecule has 1 atom stereocenters. The van der Waals surface area contributed by atoms with Crippen LogP contribution in [-0.2, 0) is 0 Å². The zero-order chi connectivity index (χ0) is 23.7. The molecule has 0 amide bonds. The van der Waals surface area contributed by atoms with Crippen LogP contribution in [0.4, 0.5) is 15.9 Å². The van der Waals surface area contributed by atoms with Gasteiger partial charge in [-0.25, -0.2) is 4.39 Å². The maximum atomic E-state index is 14.5. The van der Waals surface area contributed by atoms with Crippen molar-refractivity contribution >= 4 is 44.5 Å². The lowest BCUT2D eigenvalue weighted by Gasteiger charge is -2.19. The second-order valence-electron chi connectivity index (χ2n) is 9.47. The number of rotatable bonds is 4. The van der Waals surface area contributed by atoms with Gasteiger partial charge in [-0.2, -0.15) is 9.97 Å². The highest BCUT2D eigenvalue weighted by atomic mass is 19.1. The molecule has 1 aliphatic heterocycles. The predicted molar refractivity (Wildman–Crippen MR) is 132 cm³/mol. The van der Waals surface area contributed by atoms with Crippen molar-refractivity contribution in [3.63, 3.8) is 0 Å². The maximum absolute atomic E-state index is 14.5. The molecule has 0 unspecified atom stereocenters. The van der Waals surface area contributed by atoms with Gasteiger partial charge in [-0.05, 0) is 37.1 Å². The van der Waals surface area contributed by atoms with Gasteiger partial charge in [0.2, 0.25) is 0 Å². The van der Waals surface area contributed by atoms with Crippen LogP contribution in [0.3, 0.4) is 0 Å². The second-order valence-corrected chi connectivity index (χ2v) is 9.47. The zero-order valence-corrected chi connectivity index (χ0v) is 19.0. The smallest absolute Gasteiger partial charge is 0.326 e. The van der Waals surface area contributed by atoms with E-state index >= 15 is 0 Å². The quantitative estimate of drug-likeness (QED) is 0.361. The minimum atomic E-state index is -0.333. The first-order valence-corrected chi connectivity index (χ1v) is 11.6. The van der Waals surface area contributed by atoms with E-state index in [2.05, 4.69) is 30.2 Å². The van der Waals surface area contributed by atoms with Crippen LogP contribution in [-0.4, -0.2) is 51.1 Å². The molecule has 4 N–H and O–H groups in total. The van der Waals surface area contributed by atoms with Crippen molar-refractivity contribution in [1.82, 2.24) is 24.9 Å². The van der Waals surface area contributed by atoms with Gasteiger partial charge in [-0.3, -0.25) is 9.97 Å². The minimum Gasteiger partial charge on any atom is -0.422 e. The lowest BCUT2D eigenvalue weighted by molar-refractivity contribution is 0.442. The van der Waals surface area contributed by atoms with Gasteiger partial charge in [-0.15, -0.1) is 0 Å². The molecule has 1 saturated carbocycles. The fourth-order valence-corrected chi connectivity index (χ4v) is 5.24. The number of hydrogen-bond acceptors (Lipinski definition) is 8. The number of nitrogens with two attached hydrogens (primary N) is 1. The SMILES string of the molecule is CNc1cc(F)cc2c1[nH]c1nc(Oc3cnc4cccnc4c3)nc(N3C[C@H](N)C4(CC4)C3)c12. The van der Waals surface area contributed by atoms with Crippen LogP contribution in [0, 0.1) is 11.2 Å². The Kier molecular flexibility index (Phi) is 4.20. The monoisotopic (exact) mass is 470 g/mol. The summed E-state index contributed by atoms with van der Waals surface area (Å²) in [4.78, 5) is 23.8. The van der Waals surface area contributed by atoms with Gasteiger partial charge in [0, 0.05) is 49.2 Å². The summed E-state index contributed by atoms with van der Waals surface area (Å²) >= 11 is 0. The summed E-state index contributed by atoms with van der Waals surface area (Å²) in [5.74, 6) is 0.840. The Hall–Kier alpha value is -4.05. The number of aromatic nitrogens is 5. The molecule has 0 bridgehead atoms. The van der Waals surface area contributed by atoms with Gasteiger partial charge in [0.25, 0.3) is 0 Å². The molecular weight excluding hydrogens is 447 g/mol. The number of aromatic amines is 1. The number of nitrogens with zero attached hydrogens (tertiary/aromatic N) is 5. The zero-order valence-electron chi connectivity index (χ0n) is 19.0. The van der Waals surface area contributed by atoms with E-state index in [9.17, 15) is 4.39 Å². The molecule has 35 heavy (non-hydrogen) atoms. The van der Waals surface area contributed by atoms with Crippen molar-refractivity contribution in [1.29, 1.82) is 0 Å². The topological polar surface area (TPSA) is 118 Å². The van der Waals surface area contributed by atoms with E-state index in [-0.39, 0.29) is 23.3 Å². The van der Waals surface area contributed by atoms with Crippen LogP contribution in [0.15, 0.2) is 42.7 Å². The Morgan fingerprint density at radius 3 is 2.89 bits per heavy atom. The van der Waals surface area contributed by atoms with Crippen molar-refractivity contribution in [2.45, 2.75) is 18.9 Å². The number of hydrogen-bond donors (Lipinski definition) is 3. The Balaban J connectivity index is 1.40. The van der Waals surface area contributed by atoms with Crippen LogP contribution in [0.25, 0.3) is 33.0 Å². The fourth-order valence-electron chi connectivity index (χ4n) is 5.24. The van der Waals surface area contributed by atoms with Crippen LogP contribution in [0.2, 0.25) is 0 Å². The largest absolute Gasteiger partial charge is 0.422 e. The number of ether oxygens (including phenoxy) is 1. The van der Waals surface area contributed by atoms with Gasteiger partial charge in [0.05, 0.1) is 33.8 Å². The van der Waals surface area contributed by atoms with E-state index in [1.54, 1.807) is 25.5 Å². The molecule has 176 valence electrons. The number of anilines is 2. The van der Waals surface area contributed by atoms with E-state index < -0.39 is 0 Å². The molecule has 9 nitrogen and oxygen atoms in total. The van der Waals surface area contributed by atoms with Gasteiger partial charge in [-0.1, -0.05) is 0 Å². The molecule has 5 heterocycles. The van der Waals surface area contributed by atoms with Crippen LogP contribution >= 0.6 is 0 Å². The standard InChI is InChI=1S/C25H23FN8O/c1-28-18-8-13(26)7-15-20-22(31-21(15)18)32-24(33-23(20)34-11-19(27)25(12-34)4-5-25)35-14-9-17-16(30-10-14)3-2-6-29-17/h2-3,6-10,19,28H,4-5,11-12,27H2,1H3,(H,31,32,33)/t19-/m0/s1. The van der Waals surface area contributed by atoms with Crippen molar-refractivity contribution in [2.75, 3.05) is 30.4 Å². The van der Waals surface area contributed by atoms with Crippen molar-refractivity contribution in [3.05, 3.63) is 48.5 Å². The average Bonchev–Trinajstić information content (AvgIpc) is 3.45. The highest BCUT2D eigenvalue weighted by Crippen LogP contribution is 2.53. The van der Waals surface area contributed by atoms with E-state index in [1.165, 1.54) is 12.1 Å². The number of pyridine rings is 2. The van der Waals surface area contributed by atoms with E-state index in [0.29, 0.717) is 40.3 Å². The van der Waals surface area contributed by atoms with E-state index in [0.717, 1.165) is 35.8 Å². The highest BCUT2D eigenvalue weighted by molar-refractivity contribution is 6.14. The van der Waals surface area contributed by atoms with E-state index in [1.807, 2.05) is 12.1 Å². The lowest BCUT2D eigenvalue weighted by Crippen LogP contribution is -2.30. The van der Waals surface area contributed by atoms with Crippen molar-refractivity contribution < 1.29 is 9.13 Å². The third kappa shape index (κ3) is 3.17. The van der Waals surface area contributed by atoms with Crippen LogP contribution in [0.1, 0.15) is 12.8 Å². The summed E-state index contributed by atoms with van der Waals surface area (Å²) < 4.78 is 20.6. The number of H-pyrrole nitrogens is 1.